The number of benzene rings is 2. The first-order chi connectivity index (χ1) is 15.2. The molecule has 1 atom stereocenters. The summed E-state index contributed by atoms with van der Waals surface area (Å²) < 4.78 is 10.8. The highest BCUT2D eigenvalue weighted by molar-refractivity contribution is 6.32. The van der Waals surface area contributed by atoms with Gasteiger partial charge in [0.05, 0.1) is 17.7 Å². The number of anilines is 1. The molecular weight excluding hydrogens is 459 g/mol. The Morgan fingerprint density at radius 3 is 2.59 bits per heavy atom. The summed E-state index contributed by atoms with van der Waals surface area (Å²) in [7, 11) is 0. The third kappa shape index (κ3) is 6.49. The molecule has 2 amide bonds. The van der Waals surface area contributed by atoms with E-state index >= 15 is 0 Å². The van der Waals surface area contributed by atoms with Crippen molar-refractivity contribution >= 4 is 46.8 Å². The number of carbonyl (C=O) groups excluding carboxylic acids is 1. The maximum Gasteiger partial charge on any atom is 0.329 e. The van der Waals surface area contributed by atoms with Crippen molar-refractivity contribution in [1.82, 2.24) is 10.2 Å². The molecule has 9 nitrogen and oxygen atoms in total. The van der Waals surface area contributed by atoms with Crippen LogP contribution in [0.5, 0.6) is 5.75 Å². The Hall–Kier alpha value is -3.01. The zero-order valence-corrected chi connectivity index (χ0v) is 18.9. The molecule has 11 heteroatoms. The number of amides is 2. The highest BCUT2D eigenvalue weighted by Crippen LogP contribution is 2.29. The van der Waals surface area contributed by atoms with Gasteiger partial charge in [0, 0.05) is 10.7 Å². The van der Waals surface area contributed by atoms with Crippen molar-refractivity contribution in [3.05, 3.63) is 58.1 Å². The second-order valence-corrected chi connectivity index (χ2v) is 7.95. The first kappa shape index (κ1) is 23.6. The van der Waals surface area contributed by atoms with Gasteiger partial charge in [-0.25, -0.2) is 9.59 Å². The molecule has 2 aromatic carbocycles. The fourth-order valence-corrected chi connectivity index (χ4v) is 3.15. The van der Waals surface area contributed by atoms with Crippen LogP contribution in [0.3, 0.4) is 0 Å². The van der Waals surface area contributed by atoms with Gasteiger partial charge in [0.25, 0.3) is 0 Å². The van der Waals surface area contributed by atoms with Gasteiger partial charge < -0.3 is 19.9 Å². The molecule has 2 aromatic rings. The summed E-state index contributed by atoms with van der Waals surface area (Å²) in [4.78, 5) is 29.2. The van der Waals surface area contributed by atoms with Gasteiger partial charge in [0.15, 0.2) is 0 Å². The summed E-state index contributed by atoms with van der Waals surface area (Å²) in [6.07, 6.45) is -1.21. The Bertz CT molecular complexity index is 1010. The Labute approximate surface area is 194 Å². The number of nitrogens with zero attached hydrogens (tertiary/aromatic N) is 2. The number of hydrogen-bond donors (Lipinski definition) is 3. The molecule has 170 valence electrons. The van der Waals surface area contributed by atoms with Crippen LogP contribution < -0.4 is 15.4 Å². The highest BCUT2D eigenvalue weighted by atomic mass is 35.5. The molecule has 0 aliphatic carbocycles. The second-order valence-electron chi connectivity index (χ2n) is 7.11. The minimum atomic E-state index is -1.18. The summed E-state index contributed by atoms with van der Waals surface area (Å²) in [6.45, 7) is 3.35. The number of aliphatic carboxylic acids is 1. The number of guanidine groups is 1. The Morgan fingerprint density at radius 1 is 1.25 bits per heavy atom. The van der Waals surface area contributed by atoms with E-state index in [1.54, 1.807) is 42.5 Å². The van der Waals surface area contributed by atoms with Crippen molar-refractivity contribution in [1.29, 1.82) is 0 Å². The maximum absolute atomic E-state index is 12.8. The van der Waals surface area contributed by atoms with E-state index in [1.165, 1.54) is 4.90 Å². The topological polar surface area (TPSA) is 112 Å². The van der Waals surface area contributed by atoms with Crippen LogP contribution in [0.4, 0.5) is 10.5 Å². The average molecular weight is 481 g/mol. The molecule has 32 heavy (non-hydrogen) atoms. The van der Waals surface area contributed by atoms with Crippen molar-refractivity contribution in [3.8, 4) is 5.75 Å². The standard InChI is InChI=1S/C21H22Cl2N4O5/c1-12(2)32-17-8-7-15(9-16(17)23)24-19-25-20(31-11-18(28)29)26-21(30)27(19)10-13-3-5-14(22)6-4-13/h3-9,12,20H,10-11H2,1-2H3,(H,24,25)(H,26,30)(H,28,29). The lowest BCUT2D eigenvalue weighted by Crippen LogP contribution is -2.55. The van der Waals surface area contributed by atoms with E-state index in [4.69, 9.17) is 37.8 Å². The lowest BCUT2D eigenvalue weighted by Gasteiger charge is -2.32. The zero-order valence-electron chi connectivity index (χ0n) is 17.3. The van der Waals surface area contributed by atoms with E-state index in [-0.39, 0.29) is 18.6 Å². The van der Waals surface area contributed by atoms with E-state index in [2.05, 4.69) is 15.6 Å². The van der Waals surface area contributed by atoms with Gasteiger partial charge in [-0.15, -0.1) is 0 Å². The summed E-state index contributed by atoms with van der Waals surface area (Å²) in [6, 6.07) is 11.6. The predicted molar refractivity (Wildman–Crippen MR) is 121 cm³/mol. The largest absolute Gasteiger partial charge is 0.489 e. The quantitative estimate of drug-likeness (QED) is 0.522. The molecule has 0 saturated heterocycles. The van der Waals surface area contributed by atoms with E-state index in [1.807, 2.05) is 13.8 Å². The molecule has 1 unspecified atom stereocenters. The number of nitrogens with one attached hydrogen (secondary N) is 2. The predicted octanol–water partition coefficient (Wildman–Crippen LogP) is 4.16. The zero-order chi connectivity index (χ0) is 23.3. The van der Waals surface area contributed by atoms with Crippen LogP contribution in [-0.2, 0) is 16.1 Å². The lowest BCUT2D eigenvalue weighted by atomic mass is 10.2. The van der Waals surface area contributed by atoms with Crippen LogP contribution in [0.15, 0.2) is 47.5 Å². The third-order valence-corrected chi connectivity index (χ3v) is 4.70. The summed E-state index contributed by atoms with van der Waals surface area (Å²) >= 11 is 12.3. The normalized spacial score (nSPS) is 15.9. The molecule has 0 spiro atoms. The minimum Gasteiger partial charge on any atom is -0.489 e. The first-order valence-electron chi connectivity index (χ1n) is 9.68. The molecule has 1 aliphatic rings. The molecule has 3 N–H and O–H groups in total. The molecule has 1 aliphatic heterocycles. The number of ether oxygens (including phenoxy) is 2. The average Bonchev–Trinajstić information content (AvgIpc) is 2.72. The monoisotopic (exact) mass is 480 g/mol. The summed E-state index contributed by atoms with van der Waals surface area (Å²) in [5.74, 6) is -0.496. The van der Waals surface area contributed by atoms with Crippen molar-refractivity contribution in [2.24, 2.45) is 4.99 Å². The van der Waals surface area contributed by atoms with Crippen LogP contribution >= 0.6 is 23.2 Å². The molecule has 0 bridgehead atoms. The van der Waals surface area contributed by atoms with Crippen molar-refractivity contribution in [2.75, 3.05) is 11.9 Å². The number of hydrogen-bond acceptors (Lipinski definition) is 6. The van der Waals surface area contributed by atoms with Crippen molar-refractivity contribution in [3.63, 3.8) is 0 Å². The van der Waals surface area contributed by atoms with E-state index in [0.29, 0.717) is 21.5 Å². The molecule has 3 rings (SSSR count). The number of carbonyl (C=O) groups is 2. The van der Waals surface area contributed by atoms with Crippen LogP contribution in [0.1, 0.15) is 19.4 Å². The number of urea groups is 1. The fourth-order valence-electron chi connectivity index (χ4n) is 2.80. The Balaban J connectivity index is 1.86. The third-order valence-electron chi connectivity index (χ3n) is 4.16. The Kier molecular flexibility index (Phi) is 7.79. The Morgan fingerprint density at radius 2 is 1.97 bits per heavy atom. The first-order valence-corrected chi connectivity index (χ1v) is 10.4. The van der Waals surface area contributed by atoms with Crippen molar-refractivity contribution in [2.45, 2.75) is 32.8 Å². The van der Waals surface area contributed by atoms with Gasteiger partial charge >= 0.3 is 12.0 Å². The van der Waals surface area contributed by atoms with E-state index in [0.717, 1.165) is 5.56 Å². The number of halogens is 2. The van der Waals surface area contributed by atoms with Gasteiger partial charge in [-0.1, -0.05) is 35.3 Å². The molecule has 0 radical (unpaired) electrons. The van der Waals surface area contributed by atoms with Gasteiger partial charge in [0.1, 0.15) is 12.4 Å². The molecule has 0 saturated carbocycles. The van der Waals surface area contributed by atoms with E-state index in [9.17, 15) is 9.59 Å². The molecular formula is C21H22Cl2N4O5. The maximum atomic E-state index is 12.8. The van der Waals surface area contributed by atoms with E-state index < -0.39 is 25.0 Å². The highest BCUT2D eigenvalue weighted by Gasteiger charge is 2.29. The number of carboxylic acids is 1. The second kappa shape index (κ2) is 10.5. The number of rotatable bonds is 8. The van der Waals surface area contributed by atoms with Gasteiger partial charge in [-0.2, -0.15) is 4.99 Å². The summed E-state index contributed by atoms with van der Waals surface area (Å²) in [5, 5.41) is 15.4. The smallest absolute Gasteiger partial charge is 0.329 e. The van der Waals surface area contributed by atoms with Gasteiger partial charge in [-0.05, 0) is 49.7 Å². The van der Waals surface area contributed by atoms with Crippen molar-refractivity contribution < 1.29 is 24.2 Å². The SMILES string of the molecule is CC(C)Oc1ccc(NC2=NC(OCC(=O)O)NC(=O)N2Cc2ccc(Cl)cc2)cc1Cl. The van der Waals surface area contributed by atoms with Crippen LogP contribution in [0, 0.1) is 0 Å². The van der Waals surface area contributed by atoms with Gasteiger partial charge in [-0.3, -0.25) is 10.2 Å². The minimum absolute atomic E-state index is 0.0419. The van der Waals surface area contributed by atoms with Crippen LogP contribution in [-0.4, -0.2) is 47.0 Å². The van der Waals surface area contributed by atoms with Gasteiger partial charge in [0.2, 0.25) is 12.3 Å². The van der Waals surface area contributed by atoms with Crippen LogP contribution in [0.25, 0.3) is 0 Å². The molecule has 1 heterocycles. The lowest BCUT2D eigenvalue weighted by molar-refractivity contribution is -0.144. The molecule has 0 aromatic heterocycles. The molecule has 0 fully saturated rings. The van der Waals surface area contributed by atoms with Crippen LogP contribution in [0.2, 0.25) is 10.0 Å². The number of carboxylic acid groups (broad SMARTS) is 1. The summed E-state index contributed by atoms with van der Waals surface area (Å²) in [5.41, 5.74) is 1.36. The number of aliphatic imine (C=N–C) groups is 1. The fraction of sp³-hybridized carbons (Fsp3) is 0.286.